The first-order valence-electron chi connectivity index (χ1n) is 5.36. The number of benzene rings is 1. The van der Waals surface area contributed by atoms with Crippen molar-refractivity contribution in [1.29, 1.82) is 0 Å². The summed E-state index contributed by atoms with van der Waals surface area (Å²) in [5, 5.41) is 0. The lowest BCUT2D eigenvalue weighted by molar-refractivity contribution is 0.293. The van der Waals surface area contributed by atoms with Gasteiger partial charge in [-0.15, -0.1) is 0 Å². The van der Waals surface area contributed by atoms with Crippen LogP contribution in [0, 0.1) is 13.8 Å². The zero-order chi connectivity index (χ0) is 11.4. The molecule has 0 saturated heterocycles. The van der Waals surface area contributed by atoms with Crippen molar-refractivity contribution in [2.75, 3.05) is 0 Å². The number of hydrogen-bond donors (Lipinski definition) is 0. The number of pyridine rings is 1. The highest BCUT2D eigenvalue weighted by Crippen LogP contribution is 2.13. The fraction of sp³-hybridized carbons (Fsp3) is 0.214. The van der Waals surface area contributed by atoms with E-state index in [1.54, 1.807) is 0 Å². The Hall–Kier alpha value is -1.83. The zero-order valence-corrected chi connectivity index (χ0v) is 9.60. The Morgan fingerprint density at radius 1 is 1.06 bits per heavy atom. The van der Waals surface area contributed by atoms with Crippen LogP contribution in [0.4, 0.5) is 0 Å². The summed E-state index contributed by atoms with van der Waals surface area (Å²) in [5.41, 5.74) is 3.32. The molecule has 0 atom stereocenters. The zero-order valence-electron chi connectivity index (χ0n) is 9.60. The predicted octanol–water partition coefficient (Wildman–Crippen LogP) is 3.28. The highest BCUT2D eigenvalue weighted by atomic mass is 16.5. The smallest absolute Gasteiger partial charge is 0.214 e. The van der Waals surface area contributed by atoms with Gasteiger partial charge in [-0.1, -0.05) is 30.3 Å². The van der Waals surface area contributed by atoms with Crippen molar-refractivity contribution in [1.82, 2.24) is 4.98 Å². The van der Waals surface area contributed by atoms with Crippen molar-refractivity contribution in [3.63, 3.8) is 0 Å². The van der Waals surface area contributed by atoms with Crippen molar-refractivity contribution in [2.45, 2.75) is 20.5 Å². The quantitative estimate of drug-likeness (QED) is 0.780. The topological polar surface area (TPSA) is 22.1 Å². The van der Waals surface area contributed by atoms with Gasteiger partial charge in [-0.25, -0.2) is 4.98 Å². The highest BCUT2D eigenvalue weighted by Gasteiger charge is 1.99. The van der Waals surface area contributed by atoms with E-state index in [1.807, 2.05) is 56.3 Å². The maximum atomic E-state index is 5.64. The number of aryl methyl sites for hydroxylation is 2. The second-order valence-electron chi connectivity index (χ2n) is 3.90. The van der Waals surface area contributed by atoms with E-state index in [0.29, 0.717) is 12.5 Å². The molecule has 0 spiro atoms. The summed E-state index contributed by atoms with van der Waals surface area (Å²) in [6.45, 7) is 4.59. The van der Waals surface area contributed by atoms with Crippen LogP contribution in [0.3, 0.4) is 0 Å². The van der Waals surface area contributed by atoms with E-state index in [-0.39, 0.29) is 0 Å². The van der Waals surface area contributed by atoms with E-state index in [0.717, 1.165) is 11.3 Å². The molecule has 1 aromatic carbocycles. The Morgan fingerprint density at radius 2 is 1.81 bits per heavy atom. The van der Waals surface area contributed by atoms with Gasteiger partial charge in [-0.3, -0.25) is 0 Å². The van der Waals surface area contributed by atoms with Crippen LogP contribution in [-0.2, 0) is 6.61 Å². The van der Waals surface area contributed by atoms with Crippen LogP contribution in [0.15, 0.2) is 42.5 Å². The van der Waals surface area contributed by atoms with E-state index in [4.69, 9.17) is 4.74 Å². The van der Waals surface area contributed by atoms with Gasteiger partial charge in [0.2, 0.25) is 5.88 Å². The molecule has 2 rings (SSSR count). The minimum atomic E-state index is 0.566. The van der Waals surface area contributed by atoms with E-state index < -0.39 is 0 Å². The molecule has 2 aromatic rings. The third-order valence-corrected chi connectivity index (χ3v) is 2.30. The number of rotatable bonds is 3. The summed E-state index contributed by atoms with van der Waals surface area (Å²) < 4.78 is 5.64. The standard InChI is InChI=1S/C14H15NO/c1-11-8-12(2)15-14(9-11)16-10-13-6-4-3-5-7-13/h3-9H,10H2,1-2H3. The van der Waals surface area contributed by atoms with Gasteiger partial charge in [0.05, 0.1) is 0 Å². The summed E-state index contributed by atoms with van der Waals surface area (Å²) in [4.78, 5) is 4.33. The van der Waals surface area contributed by atoms with Crippen LogP contribution in [0.25, 0.3) is 0 Å². The number of aromatic nitrogens is 1. The molecule has 2 heteroatoms. The van der Waals surface area contributed by atoms with Gasteiger partial charge in [-0.2, -0.15) is 0 Å². The summed E-state index contributed by atoms with van der Waals surface area (Å²) in [7, 11) is 0. The molecule has 1 aromatic heterocycles. The minimum absolute atomic E-state index is 0.566. The van der Waals surface area contributed by atoms with Gasteiger partial charge in [0.15, 0.2) is 0 Å². The SMILES string of the molecule is Cc1cc(C)nc(OCc2ccccc2)c1. The molecule has 16 heavy (non-hydrogen) atoms. The Labute approximate surface area is 95.9 Å². The molecule has 0 fully saturated rings. The Bertz CT molecular complexity index is 445. The largest absolute Gasteiger partial charge is 0.473 e. The first-order chi connectivity index (χ1) is 7.74. The summed E-state index contributed by atoms with van der Waals surface area (Å²) in [5.74, 6) is 0.696. The van der Waals surface area contributed by atoms with Crippen LogP contribution >= 0.6 is 0 Å². The van der Waals surface area contributed by atoms with Gasteiger partial charge in [0.25, 0.3) is 0 Å². The van der Waals surface area contributed by atoms with E-state index in [1.165, 1.54) is 5.56 Å². The number of nitrogens with zero attached hydrogens (tertiary/aromatic N) is 1. The summed E-state index contributed by atoms with van der Waals surface area (Å²) in [6.07, 6.45) is 0. The maximum absolute atomic E-state index is 5.64. The maximum Gasteiger partial charge on any atom is 0.214 e. The van der Waals surface area contributed by atoms with E-state index >= 15 is 0 Å². The van der Waals surface area contributed by atoms with Crippen molar-refractivity contribution in [3.05, 3.63) is 59.3 Å². The second-order valence-corrected chi connectivity index (χ2v) is 3.90. The third-order valence-electron chi connectivity index (χ3n) is 2.30. The average molecular weight is 213 g/mol. The Kier molecular flexibility index (Phi) is 3.20. The van der Waals surface area contributed by atoms with Gasteiger partial charge >= 0.3 is 0 Å². The normalized spacial score (nSPS) is 10.1. The molecule has 0 bridgehead atoms. The molecule has 1 heterocycles. The fourth-order valence-electron chi connectivity index (χ4n) is 1.61. The molecule has 0 aliphatic carbocycles. The second kappa shape index (κ2) is 4.79. The molecule has 0 radical (unpaired) electrons. The summed E-state index contributed by atoms with van der Waals surface area (Å²) >= 11 is 0. The highest BCUT2D eigenvalue weighted by molar-refractivity contribution is 5.23. The molecule has 0 saturated carbocycles. The molecular weight excluding hydrogens is 198 g/mol. The molecule has 0 aliphatic heterocycles. The Balaban J connectivity index is 2.05. The molecule has 0 N–H and O–H groups in total. The van der Waals surface area contributed by atoms with Gasteiger partial charge < -0.3 is 4.74 Å². The van der Waals surface area contributed by atoms with Gasteiger partial charge in [0, 0.05) is 11.8 Å². The molecular formula is C14H15NO. The van der Waals surface area contributed by atoms with Crippen LogP contribution in [0.2, 0.25) is 0 Å². The lowest BCUT2D eigenvalue weighted by atomic mass is 10.2. The van der Waals surface area contributed by atoms with Crippen molar-refractivity contribution >= 4 is 0 Å². The lowest BCUT2D eigenvalue weighted by Gasteiger charge is -2.06. The van der Waals surface area contributed by atoms with Crippen molar-refractivity contribution in [2.24, 2.45) is 0 Å². The summed E-state index contributed by atoms with van der Waals surface area (Å²) in [6, 6.07) is 14.1. The number of hydrogen-bond acceptors (Lipinski definition) is 2. The molecule has 2 nitrogen and oxygen atoms in total. The van der Waals surface area contributed by atoms with Crippen LogP contribution < -0.4 is 4.74 Å². The third kappa shape index (κ3) is 2.83. The molecule has 82 valence electrons. The van der Waals surface area contributed by atoms with Gasteiger partial charge in [0.1, 0.15) is 6.61 Å². The van der Waals surface area contributed by atoms with E-state index in [9.17, 15) is 0 Å². The first kappa shape index (κ1) is 10.7. The van der Waals surface area contributed by atoms with Crippen LogP contribution in [0.5, 0.6) is 5.88 Å². The monoisotopic (exact) mass is 213 g/mol. The lowest BCUT2D eigenvalue weighted by Crippen LogP contribution is -1.98. The average Bonchev–Trinajstić information content (AvgIpc) is 2.27. The molecule has 0 unspecified atom stereocenters. The fourth-order valence-corrected chi connectivity index (χ4v) is 1.61. The molecule has 0 aliphatic rings. The first-order valence-corrected chi connectivity index (χ1v) is 5.36. The van der Waals surface area contributed by atoms with Crippen LogP contribution in [-0.4, -0.2) is 4.98 Å². The predicted molar refractivity (Wildman–Crippen MR) is 64.5 cm³/mol. The van der Waals surface area contributed by atoms with Crippen LogP contribution in [0.1, 0.15) is 16.8 Å². The van der Waals surface area contributed by atoms with Gasteiger partial charge in [-0.05, 0) is 31.0 Å². The Morgan fingerprint density at radius 3 is 2.50 bits per heavy atom. The molecule has 0 amide bonds. The van der Waals surface area contributed by atoms with Crippen molar-refractivity contribution in [3.8, 4) is 5.88 Å². The minimum Gasteiger partial charge on any atom is -0.473 e. The van der Waals surface area contributed by atoms with E-state index in [2.05, 4.69) is 4.98 Å². The van der Waals surface area contributed by atoms with Crippen molar-refractivity contribution < 1.29 is 4.74 Å². The number of ether oxygens (including phenoxy) is 1.